The Morgan fingerprint density at radius 3 is 2.33 bits per heavy atom. The molecule has 0 aliphatic carbocycles. The van der Waals surface area contributed by atoms with E-state index in [9.17, 15) is 4.79 Å². The number of amides is 1. The topological polar surface area (TPSA) is 51.1 Å². The third-order valence-electron chi connectivity index (χ3n) is 3.40. The number of amidine groups is 1. The molecule has 0 N–H and O–H groups in total. The van der Waals surface area contributed by atoms with E-state index in [0.29, 0.717) is 30.5 Å². The number of hydrogen-bond donors (Lipinski definition) is 0. The Balaban J connectivity index is 2.14. The van der Waals surface area contributed by atoms with E-state index in [4.69, 9.17) is 9.47 Å². The van der Waals surface area contributed by atoms with Gasteiger partial charge in [-0.3, -0.25) is 4.79 Å². The normalized spacial score (nSPS) is 11.0. The number of nitrogens with zero attached hydrogens (tertiary/aromatic N) is 2. The molecule has 0 atom stereocenters. The maximum absolute atomic E-state index is 12.4. The van der Waals surface area contributed by atoms with Crippen LogP contribution in [0.2, 0.25) is 0 Å². The lowest BCUT2D eigenvalue weighted by Gasteiger charge is -2.20. The van der Waals surface area contributed by atoms with Gasteiger partial charge in [-0.15, -0.1) is 0 Å². The van der Waals surface area contributed by atoms with Gasteiger partial charge in [0, 0.05) is 19.2 Å². The van der Waals surface area contributed by atoms with Crippen molar-refractivity contribution in [2.45, 2.75) is 13.5 Å². The third kappa shape index (κ3) is 4.84. The van der Waals surface area contributed by atoms with Crippen LogP contribution in [0.5, 0.6) is 5.75 Å². The van der Waals surface area contributed by atoms with Gasteiger partial charge in [-0.1, -0.05) is 30.3 Å². The Kier molecular flexibility index (Phi) is 6.37. The molecular formula is C19H22N2O3. The van der Waals surface area contributed by atoms with Crippen molar-refractivity contribution in [3.8, 4) is 5.75 Å². The fraction of sp³-hybridized carbons (Fsp3) is 0.263. The molecule has 2 rings (SSSR count). The van der Waals surface area contributed by atoms with Crippen LogP contribution in [0.4, 0.5) is 0 Å². The summed E-state index contributed by atoms with van der Waals surface area (Å²) in [5.41, 5.74) is 1.60. The van der Waals surface area contributed by atoms with Crippen LogP contribution in [-0.2, 0) is 11.3 Å². The second-order valence-corrected chi connectivity index (χ2v) is 5.20. The van der Waals surface area contributed by atoms with Gasteiger partial charge in [-0.25, -0.2) is 0 Å². The average Bonchev–Trinajstić information content (AvgIpc) is 2.62. The minimum atomic E-state index is -0.346. The fourth-order valence-corrected chi connectivity index (χ4v) is 2.17. The molecule has 0 saturated carbocycles. The highest BCUT2D eigenvalue weighted by Crippen LogP contribution is 2.13. The van der Waals surface area contributed by atoms with Crippen molar-refractivity contribution in [1.82, 2.24) is 4.90 Å². The van der Waals surface area contributed by atoms with Crippen LogP contribution < -0.4 is 4.74 Å². The van der Waals surface area contributed by atoms with E-state index >= 15 is 0 Å². The lowest BCUT2D eigenvalue weighted by Crippen LogP contribution is -2.29. The molecule has 5 nitrogen and oxygen atoms in total. The largest absolute Gasteiger partial charge is 0.497 e. The van der Waals surface area contributed by atoms with Gasteiger partial charge >= 0.3 is 0 Å². The first-order valence-corrected chi connectivity index (χ1v) is 7.79. The summed E-state index contributed by atoms with van der Waals surface area (Å²) in [7, 11) is 3.43. The first kappa shape index (κ1) is 17.5. The summed E-state index contributed by atoms with van der Waals surface area (Å²) in [6, 6.07) is 17.1. The smallest absolute Gasteiger partial charge is 0.295 e. The summed E-state index contributed by atoms with van der Waals surface area (Å²) in [5.74, 6) is 0.350. The number of rotatable bonds is 5. The highest BCUT2D eigenvalue weighted by Gasteiger charge is 2.12. The van der Waals surface area contributed by atoms with Gasteiger partial charge in [0.25, 0.3) is 11.9 Å². The average molecular weight is 326 g/mol. The summed E-state index contributed by atoms with van der Waals surface area (Å²) in [6.45, 7) is 2.91. The van der Waals surface area contributed by atoms with E-state index in [2.05, 4.69) is 4.99 Å². The number of ether oxygens (including phenoxy) is 2. The van der Waals surface area contributed by atoms with E-state index < -0.39 is 0 Å². The van der Waals surface area contributed by atoms with Gasteiger partial charge in [0.05, 0.1) is 13.7 Å². The van der Waals surface area contributed by atoms with Crippen molar-refractivity contribution < 1.29 is 14.3 Å². The van der Waals surface area contributed by atoms with Crippen LogP contribution in [0, 0.1) is 0 Å². The molecule has 0 saturated heterocycles. The van der Waals surface area contributed by atoms with Crippen LogP contribution in [0.15, 0.2) is 59.6 Å². The molecule has 0 spiro atoms. The zero-order valence-electron chi connectivity index (χ0n) is 14.2. The summed E-state index contributed by atoms with van der Waals surface area (Å²) in [5, 5.41) is 0. The SMILES string of the molecule is CCOC(=NC(=O)c1ccc(OC)cc1)N(C)Cc1ccccc1. The number of benzene rings is 2. The molecule has 2 aromatic carbocycles. The number of carbonyl (C=O) groups excluding carboxylic acids is 1. The quantitative estimate of drug-likeness (QED) is 0.624. The van der Waals surface area contributed by atoms with Crippen molar-refractivity contribution >= 4 is 11.9 Å². The molecule has 0 heterocycles. The summed E-state index contributed by atoms with van der Waals surface area (Å²) in [6.07, 6.45) is 0. The Bertz CT molecular complexity index is 682. The Morgan fingerprint density at radius 2 is 1.75 bits per heavy atom. The van der Waals surface area contributed by atoms with Crippen molar-refractivity contribution in [2.24, 2.45) is 4.99 Å². The number of methoxy groups -OCH3 is 1. The van der Waals surface area contributed by atoms with Crippen LogP contribution in [0.25, 0.3) is 0 Å². The Labute approximate surface area is 142 Å². The molecule has 5 heteroatoms. The molecule has 2 aromatic rings. The van der Waals surface area contributed by atoms with Crippen molar-refractivity contribution in [1.29, 1.82) is 0 Å². The zero-order valence-corrected chi connectivity index (χ0v) is 14.2. The lowest BCUT2D eigenvalue weighted by atomic mass is 10.2. The number of carbonyl (C=O) groups is 1. The minimum absolute atomic E-state index is 0.308. The molecule has 0 aliphatic heterocycles. The Morgan fingerprint density at radius 1 is 1.08 bits per heavy atom. The van der Waals surface area contributed by atoms with Gasteiger partial charge in [-0.05, 0) is 36.8 Å². The third-order valence-corrected chi connectivity index (χ3v) is 3.40. The zero-order chi connectivity index (χ0) is 17.4. The minimum Gasteiger partial charge on any atom is -0.497 e. The molecule has 0 aliphatic rings. The molecule has 24 heavy (non-hydrogen) atoms. The predicted octanol–water partition coefficient (Wildman–Crippen LogP) is 3.36. The van der Waals surface area contributed by atoms with Gasteiger partial charge in [0.2, 0.25) is 0 Å². The van der Waals surface area contributed by atoms with Crippen molar-refractivity contribution in [3.05, 3.63) is 65.7 Å². The van der Waals surface area contributed by atoms with Crippen LogP contribution in [-0.4, -0.2) is 37.6 Å². The van der Waals surface area contributed by atoms with E-state index in [1.165, 1.54) is 0 Å². The predicted molar refractivity (Wildman–Crippen MR) is 94.3 cm³/mol. The first-order chi connectivity index (χ1) is 11.6. The maximum atomic E-state index is 12.4. The standard InChI is InChI=1S/C19H22N2O3/c1-4-24-19(21(2)14-15-8-6-5-7-9-15)20-18(22)16-10-12-17(23-3)13-11-16/h5-13H,4,14H2,1-3H3. The van der Waals surface area contributed by atoms with Gasteiger partial charge in [0.1, 0.15) is 5.75 Å². The summed E-state index contributed by atoms with van der Waals surface area (Å²) >= 11 is 0. The van der Waals surface area contributed by atoms with E-state index in [0.717, 1.165) is 5.56 Å². The van der Waals surface area contributed by atoms with Gasteiger partial charge in [0.15, 0.2) is 0 Å². The van der Waals surface area contributed by atoms with E-state index in [1.807, 2.05) is 49.2 Å². The molecular weight excluding hydrogens is 304 g/mol. The lowest BCUT2D eigenvalue weighted by molar-refractivity contribution is 0.0994. The van der Waals surface area contributed by atoms with Crippen LogP contribution in [0.1, 0.15) is 22.8 Å². The molecule has 0 bridgehead atoms. The van der Waals surface area contributed by atoms with Crippen LogP contribution in [0.3, 0.4) is 0 Å². The number of aliphatic imine (C=N–C) groups is 1. The molecule has 1 amide bonds. The first-order valence-electron chi connectivity index (χ1n) is 7.79. The van der Waals surface area contributed by atoms with Crippen LogP contribution >= 0.6 is 0 Å². The highest BCUT2D eigenvalue weighted by atomic mass is 16.5. The highest BCUT2D eigenvalue weighted by molar-refractivity contribution is 6.01. The number of hydrogen-bond acceptors (Lipinski definition) is 3. The second kappa shape index (κ2) is 8.72. The molecule has 0 fully saturated rings. The molecule has 0 aromatic heterocycles. The molecule has 0 unspecified atom stereocenters. The van der Waals surface area contributed by atoms with Crippen molar-refractivity contribution in [2.75, 3.05) is 20.8 Å². The fourth-order valence-electron chi connectivity index (χ4n) is 2.17. The summed E-state index contributed by atoms with van der Waals surface area (Å²) in [4.78, 5) is 18.3. The van der Waals surface area contributed by atoms with E-state index in [1.54, 1.807) is 31.4 Å². The molecule has 0 radical (unpaired) electrons. The van der Waals surface area contributed by atoms with Crippen molar-refractivity contribution in [3.63, 3.8) is 0 Å². The van der Waals surface area contributed by atoms with Gasteiger partial charge < -0.3 is 14.4 Å². The second-order valence-electron chi connectivity index (χ2n) is 5.20. The monoisotopic (exact) mass is 326 g/mol. The van der Waals surface area contributed by atoms with Gasteiger partial charge in [-0.2, -0.15) is 4.99 Å². The summed E-state index contributed by atoms with van der Waals surface area (Å²) < 4.78 is 10.6. The molecule has 126 valence electrons. The van der Waals surface area contributed by atoms with E-state index in [-0.39, 0.29) is 5.91 Å². The Hall–Kier alpha value is -2.82. The maximum Gasteiger partial charge on any atom is 0.295 e.